The normalized spacial score (nSPS) is 13.9. The van der Waals surface area contributed by atoms with Crippen LogP contribution in [0.3, 0.4) is 0 Å². The molecule has 1 aromatic rings. The van der Waals surface area contributed by atoms with E-state index in [0.29, 0.717) is 23.4 Å². The fraction of sp³-hybridized carbons (Fsp3) is 0.364. The Kier molecular flexibility index (Phi) is 5.22. The van der Waals surface area contributed by atoms with Crippen LogP contribution in [0.25, 0.3) is 0 Å². The summed E-state index contributed by atoms with van der Waals surface area (Å²) in [6.07, 6.45) is -0.0419. The number of carbonyl (C=O) groups excluding carboxylic acids is 1. The van der Waals surface area contributed by atoms with Crippen molar-refractivity contribution in [2.24, 2.45) is 4.99 Å². The van der Waals surface area contributed by atoms with Gasteiger partial charge >= 0.3 is 0 Å². The SMILES string of the molecule is O=C=Nc1cccc(C(O)C(O)CCS)c1. The van der Waals surface area contributed by atoms with Crippen LogP contribution in [0.1, 0.15) is 18.1 Å². The molecule has 0 heterocycles. The Labute approximate surface area is 99.1 Å². The van der Waals surface area contributed by atoms with Crippen molar-refractivity contribution in [3.63, 3.8) is 0 Å². The first kappa shape index (κ1) is 12.9. The van der Waals surface area contributed by atoms with Gasteiger partial charge in [0.25, 0.3) is 0 Å². The van der Waals surface area contributed by atoms with E-state index < -0.39 is 12.2 Å². The molecule has 2 N–H and O–H groups in total. The highest BCUT2D eigenvalue weighted by molar-refractivity contribution is 7.80. The summed E-state index contributed by atoms with van der Waals surface area (Å²) in [5.74, 6) is 0.490. The molecule has 0 saturated carbocycles. The van der Waals surface area contributed by atoms with E-state index in [-0.39, 0.29) is 0 Å². The number of benzene rings is 1. The van der Waals surface area contributed by atoms with E-state index in [4.69, 9.17) is 0 Å². The fourth-order valence-corrected chi connectivity index (χ4v) is 1.61. The van der Waals surface area contributed by atoms with Crippen LogP contribution < -0.4 is 0 Å². The summed E-state index contributed by atoms with van der Waals surface area (Å²) >= 11 is 3.98. The lowest BCUT2D eigenvalue weighted by atomic mass is 10.0. The highest BCUT2D eigenvalue weighted by Crippen LogP contribution is 2.23. The molecule has 4 nitrogen and oxygen atoms in total. The lowest BCUT2D eigenvalue weighted by Crippen LogP contribution is -2.18. The molecule has 0 aliphatic heterocycles. The minimum atomic E-state index is -0.992. The summed E-state index contributed by atoms with van der Waals surface area (Å²) in [5, 5.41) is 19.4. The highest BCUT2D eigenvalue weighted by atomic mass is 32.1. The average Bonchev–Trinajstić information content (AvgIpc) is 2.29. The third-order valence-electron chi connectivity index (χ3n) is 2.18. The first-order valence-corrected chi connectivity index (χ1v) is 5.47. The summed E-state index contributed by atoms with van der Waals surface area (Å²) < 4.78 is 0. The van der Waals surface area contributed by atoms with E-state index in [9.17, 15) is 15.0 Å². The number of aliphatic hydroxyl groups is 2. The fourth-order valence-electron chi connectivity index (χ4n) is 1.34. The maximum Gasteiger partial charge on any atom is 0.240 e. The van der Waals surface area contributed by atoms with Crippen LogP contribution in [0.15, 0.2) is 29.3 Å². The molecular formula is C11H13NO3S. The zero-order valence-electron chi connectivity index (χ0n) is 8.58. The quantitative estimate of drug-likeness (QED) is 0.413. The molecule has 0 aliphatic carbocycles. The lowest BCUT2D eigenvalue weighted by Gasteiger charge is -2.17. The van der Waals surface area contributed by atoms with Crippen LogP contribution in [0.5, 0.6) is 0 Å². The van der Waals surface area contributed by atoms with Gasteiger partial charge < -0.3 is 10.2 Å². The van der Waals surface area contributed by atoms with Crippen molar-refractivity contribution in [3.8, 4) is 0 Å². The van der Waals surface area contributed by atoms with Gasteiger partial charge in [0, 0.05) is 0 Å². The van der Waals surface area contributed by atoms with Crippen LogP contribution in [0.4, 0.5) is 5.69 Å². The number of nitrogens with zero attached hydrogens (tertiary/aromatic N) is 1. The van der Waals surface area contributed by atoms with Gasteiger partial charge in [0.2, 0.25) is 6.08 Å². The Bertz CT molecular complexity index is 391. The van der Waals surface area contributed by atoms with Crippen LogP contribution in [0.2, 0.25) is 0 Å². The van der Waals surface area contributed by atoms with Gasteiger partial charge in [-0.15, -0.1) is 0 Å². The first-order chi connectivity index (χ1) is 7.69. The Hall–Kier alpha value is -1.13. The van der Waals surface area contributed by atoms with Gasteiger partial charge in [0.05, 0.1) is 11.8 Å². The molecule has 0 amide bonds. The molecule has 0 saturated heterocycles. The minimum Gasteiger partial charge on any atom is -0.390 e. The molecule has 1 rings (SSSR count). The second kappa shape index (κ2) is 6.45. The molecule has 2 atom stereocenters. The molecule has 86 valence electrons. The van der Waals surface area contributed by atoms with Crippen LogP contribution in [-0.2, 0) is 4.79 Å². The van der Waals surface area contributed by atoms with Gasteiger partial charge in [-0.1, -0.05) is 12.1 Å². The maximum absolute atomic E-state index is 10.1. The summed E-state index contributed by atoms with van der Waals surface area (Å²) in [6, 6.07) is 6.47. The third-order valence-corrected chi connectivity index (χ3v) is 2.43. The van der Waals surface area contributed by atoms with Crippen molar-refractivity contribution in [3.05, 3.63) is 29.8 Å². The number of aliphatic hydroxyl groups excluding tert-OH is 2. The van der Waals surface area contributed by atoms with Crippen molar-refractivity contribution < 1.29 is 15.0 Å². The highest BCUT2D eigenvalue weighted by Gasteiger charge is 2.17. The second-order valence-electron chi connectivity index (χ2n) is 3.32. The van der Waals surface area contributed by atoms with Crippen molar-refractivity contribution in [2.45, 2.75) is 18.6 Å². The Morgan fingerprint density at radius 1 is 1.44 bits per heavy atom. The third kappa shape index (κ3) is 3.47. The number of hydrogen-bond donors (Lipinski definition) is 3. The molecule has 1 aromatic carbocycles. The maximum atomic E-state index is 10.1. The monoisotopic (exact) mass is 239 g/mol. The zero-order chi connectivity index (χ0) is 12.0. The zero-order valence-corrected chi connectivity index (χ0v) is 9.47. The van der Waals surface area contributed by atoms with Gasteiger partial charge in [-0.25, -0.2) is 4.79 Å². The van der Waals surface area contributed by atoms with Crippen molar-refractivity contribution in [1.29, 1.82) is 0 Å². The molecule has 0 spiro atoms. The smallest absolute Gasteiger partial charge is 0.240 e. The van der Waals surface area contributed by atoms with Gasteiger partial charge in [0.15, 0.2) is 0 Å². The molecule has 0 aliphatic rings. The molecule has 0 radical (unpaired) electrons. The van der Waals surface area contributed by atoms with Crippen molar-refractivity contribution in [1.82, 2.24) is 0 Å². The van der Waals surface area contributed by atoms with Gasteiger partial charge in [0.1, 0.15) is 6.10 Å². The van der Waals surface area contributed by atoms with E-state index in [1.54, 1.807) is 18.2 Å². The van der Waals surface area contributed by atoms with E-state index in [0.717, 1.165) is 0 Å². The predicted octanol–water partition coefficient (Wildman–Crippen LogP) is 1.37. The molecule has 0 aromatic heterocycles. The van der Waals surface area contributed by atoms with Gasteiger partial charge in [-0.2, -0.15) is 17.6 Å². The molecule has 0 bridgehead atoms. The second-order valence-corrected chi connectivity index (χ2v) is 3.77. The number of rotatable bonds is 5. The van der Waals surface area contributed by atoms with Gasteiger partial charge in [-0.3, -0.25) is 0 Å². The Morgan fingerprint density at radius 2 is 2.19 bits per heavy atom. The molecular weight excluding hydrogens is 226 g/mol. The van der Waals surface area contributed by atoms with E-state index >= 15 is 0 Å². The van der Waals surface area contributed by atoms with E-state index in [1.165, 1.54) is 12.1 Å². The number of aliphatic imine (C=N–C) groups is 1. The standard InChI is InChI=1S/C11H13NO3S/c13-7-12-9-3-1-2-8(6-9)11(15)10(14)4-5-16/h1-3,6,10-11,14-16H,4-5H2. The number of isocyanates is 1. The number of thiol groups is 1. The van der Waals surface area contributed by atoms with Crippen molar-refractivity contribution in [2.75, 3.05) is 5.75 Å². The Morgan fingerprint density at radius 3 is 2.81 bits per heavy atom. The topological polar surface area (TPSA) is 69.9 Å². The lowest BCUT2D eigenvalue weighted by molar-refractivity contribution is 0.0173. The van der Waals surface area contributed by atoms with Gasteiger partial charge in [-0.05, 0) is 29.9 Å². The van der Waals surface area contributed by atoms with Crippen LogP contribution in [-0.4, -0.2) is 28.1 Å². The molecule has 2 unspecified atom stereocenters. The summed E-state index contributed by atoms with van der Waals surface area (Å²) in [5.41, 5.74) is 0.926. The summed E-state index contributed by atoms with van der Waals surface area (Å²) in [7, 11) is 0. The first-order valence-electron chi connectivity index (χ1n) is 4.84. The van der Waals surface area contributed by atoms with Crippen LogP contribution >= 0.6 is 12.6 Å². The minimum absolute atomic E-state index is 0.394. The average molecular weight is 239 g/mol. The largest absolute Gasteiger partial charge is 0.390 e. The van der Waals surface area contributed by atoms with E-state index in [2.05, 4.69) is 17.6 Å². The number of hydrogen-bond acceptors (Lipinski definition) is 5. The molecule has 16 heavy (non-hydrogen) atoms. The molecule has 5 heteroatoms. The predicted molar refractivity (Wildman–Crippen MR) is 63.7 cm³/mol. The van der Waals surface area contributed by atoms with Crippen molar-refractivity contribution >= 4 is 24.4 Å². The summed E-state index contributed by atoms with van der Waals surface area (Å²) in [6.45, 7) is 0. The summed E-state index contributed by atoms with van der Waals surface area (Å²) in [4.78, 5) is 13.5. The molecule has 0 fully saturated rings. The Balaban J connectivity index is 2.86. The van der Waals surface area contributed by atoms with E-state index in [1.807, 2.05) is 0 Å². The van der Waals surface area contributed by atoms with Crippen LogP contribution in [0, 0.1) is 0 Å².